The zero-order valence-electron chi connectivity index (χ0n) is 8.36. The van der Waals surface area contributed by atoms with E-state index in [9.17, 15) is 9.59 Å². The standard InChI is InChI=1S/2C4H8O2S/c2*1-2-6-4(5)3-7/h2*7H,2-3H2,1H3. The molecule has 0 spiro atoms. The number of thiol groups is 2. The lowest BCUT2D eigenvalue weighted by Crippen LogP contribution is -2.03. The molecule has 0 atom stereocenters. The van der Waals surface area contributed by atoms with E-state index >= 15 is 0 Å². The SMILES string of the molecule is CCOC(=O)CS.CCOC(=O)CS. The molecule has 0 aromatic rings. The van der Waals surface area contributed by atoms with Gasteiger partial charge in [0.2, 0.25) is 0 Å². The zero-order chi connectivity index (χ0) is 11.4. The predicted molar refractivity (Wildman–Crippen MR) is 61.0 cm³/mol. The van der Waals surface area contributed by atoms with Gasteiger partial charge in [0.1, 0.15) is 0 Å². The van der Waals surface area contributed by atoms with Crippen LogP contribution in [0.3, 0.4) is 0 Å². The normalized spacial score (nSPS) is 8.29. The average molecular weight is 240 g/mol. The third kappa shape index (κ3) is 14.2. The summed E-state index contributed by atoms with van der Waals surface area (Å²) in [5.41, 5.74) is 0. The van der Waals surface area contributed by atoms with Gasteiger partial charge in [0.25, 0.3) is 0 Å². The lowest BCUT2D eigenvalue weighted by molar-refractivity contribution is -0.140. The van der Waals surface area contributed by atoms with Crippen molar-refractivity contribution in [2.24, 2.45) is 0 Å². The van der Waals surface area contributed by atoms with Gasteiger partial charge in [0.05, 0.1) is 24.7 Å². The van der Waals surface area contributed by atoms with E-state index in [2.05, 4.69) is 34.7 Å². The summed E-state index contributed by atoms with van der Waals surface area (Å²) in [7, 11) is 0. The maximum Gasteiger partial charge on any atom is 0.315 e. The molecule has 0 fully saturated rings. The number of carbonyl (C=O) groups is 2. The Morgan fingerprint density at radius 3 is 1.29 bits per heavy atom. The molecule has 0 aliphatic heterocycles. The van der Waals surface area contributed by atoms with Gasteiger partial charge in [-0.3, -0.25) is 9.59 Å². The lowest BCUT2D eigenvalue weighted by Gasteiger charge is -1.93. The number of rotatable bonds is 4. The minimum absolute atomic E-state index is 0.174. The number of esters is 2. The van der Waals surface area contributed by atoms with Crippen molar-refractivity contribution >= 4 is 37.2 Å². The summed E-state index contributed by atoms with van der Waals surface area (Å²) < 4.78 is 8.95. The molecule has 0 saturated heterocycles. The second-order valence-electron chi connectivity index (χ2n) is 1.93. The van der Waals surface area contributed by atoms with Gasteiger partial charge in [-0.05, 0) is 13.8 Å². The smallest absolute Gasteiger partial charge is 0.315 e. The fraction of sp³-hybridized carbons (Fsp3) is 0.750. The summed E-state index contributed by atoms with van der Waals surface area (Å²) in [5.74, 6) is -0.168. The molecule has 0 bridgehead atoms. The van der Waals surface area contributed by atoms with Gasteiger partial charge in [-0.15, -0.1) is 0 Å². The Bertz CT molecular complexity index is 143. The highest BCUT2D eigenvalue weighted by Gasteiger charge is 1.92. The van der Waals surface area contributed by atoms with Gasteiger partial charge in [-0.1, -0.05) is 0 Å². The first-order valence-electron chi connectivity index (χ1n) is 4.15. The Morgan fingerprint density at radius 1 is 0.929 bits per heavy atom. The van der Waals surface area contributed by atoms with Crippen LogP contribution in [0.5, 0.6) is 0 Å². The van der Waals surface area contributed by atoms with Crippen molar-refractivity contribution in [1.29, 1.82) is 0 Å². The van der Waals surface area contributed by atoms with Crippen molar-refractivity contribution < 1.29 is 19.1 Å². The summed E-state index contributed by atoms with van der Waals surface area (Å²) >= 11 is 7.35. The van der Waals surface area contributed by atoms with Crippen molar-refractivity contribution in [2.45, 2.75) is 13.8 Å². The fourth-order valence-electron chi connectivity index (χ4n) is 0.413. The molecular formula is C8H16O4S2. The van der Waals surface area contributed by atoms with E-state index in [-0.39, 0.29) is 23.4 Å². The van der Waals surface area contributed by atoms with Crippen LogP contribution < -0.4 is 0 Å². The van der Waals surface area contributed by atoms with E-state index in [1.54, 1.807) is 13.8 Å². The third-order valence-corrected chi connectivity index (χ3v) is 1.39. The van der Waals surface area contributed by atoms with E-state index in [1.165, 1.54) is 0 Å². The fourth-order valence-corrected chi connectivity index (χ4v) is 0.596. The van der Waals surface area contributed by atoms with Crippen LogP contribution >= 0.6 is 25.3 Å². The lowest BCUT2D eigenvalue weighted by atomic mass is 10.8. The van der Waals surface area contributed by atoms with Crippen molar-refractivity contribution in [3.8, 4) is 0 Å². The number of hydrogen-bond donors (Lipinski definition) is 2. The Hall–Kier alpha value is -0.360. The maximum absolute atomic E-state index is 10.1. The molecule has 0 N–H and O–H groups in total. The molecule has 0 rings (SSSR count). The first kappa shape index (κ1) is 16.1. The van der Waals surface area contributed by atoms with Crippen LogP contribution in [0.4, 0.5) is 0 Å². The minimum Gasteiger partial charge on any atom is -0.465 e. The van der Waals surface area contributed by atoms with E-state index in [0.29, 0.717) is 13.2 Å². The molecule has 4 nitrogen and oxygen atoms in total. The van der Waals surface area contributed by atoms with Crippen molar-refractivity contribution in [3.63, 3.8) is 0 Å². The second kappa shape index (κ2) is 12.6. The van der Waals surface area contributed by atoms with E-state index in [1.807, 2.05) is 0 Å². The summed E-state index contributed by atoms with van der Waals surface area (Å²) in [6.07, 6.45) is 0. The number of ether oxygens (including phenoxy) is 2. The largest absolute Gasteiger partial charge is 0.465 e. The third-order valence-electron chi connectivity index (χ3n) is 0.869. The van der Waals surface area contributed by atoms with Gasteiger partial charge in [0.15, 0.2) is 0 Å². The molecule has 0 radical (unpaired) electrons. The van der Waals surface area contributed by atoms with Crippen molar-refractivity contribution in [2.75, 3.05) is 24.7 Å². The highest BCUT2D eigenvalue weighted by Crippen LogP contribution is 1.79. The zero-order valence-corrected chi connectivity index (χ0v) is 10.1. The molecule has 6 heteroatoms. The molecule has 0 aliphatic carbocycles. The summed E-state index contributed by atoms with van der Waals surface area (Å²) in [5, 5.41) is 0. The van der Waals surface area contributed by atoms with Gasteiger partial charge in [-0.2, -0.15) is 25.3 Å². The Morgan fingerprint density at radius 2 is 1.21 bits per heavy atom. The first-order chi connectivity index (χ1) is 6.62. The molecule has 0 saturated carbocycles. The second-order valence-corrected chi connectivity index (χ2v) is 2.56. The molecule has 0 aromatic carbocycles. The summed E-state index contributed by atoms with van der Waals surface area (Å²) in [6.45, 7) is 4.42. The molecule has 14 heavy (non-hydrogen) atoms. The molecule has 0 heterocycles. The summed E-state index contributed by atoms with van der Waals surface area (Å²) in [4.78, 5) is 20.2. The number of hydrogen-bond acceptors (Lipinski definition) is 6. The van der Waals surface area contributed by atoms with E-state index < -0.39 is 0 Å². The Labute approximate surface area is 95.2 Å². The molecule has 0 amide bonds. The van der Waals surface area contributed by atoms with Crippen molar-refractivity contribution in [1.82, 2.24) is 0 Å². The maximum atomic E-state index is 10.1. The van der Waals surface area contributed by atoms with E-state index in [0.717, 1.165) is 0 Å². The monoisotopic (exact) mass is 240 g/mol. The predicted octanol–water partition coefficient (Wildman–Crippen LogP) is 0.959. The summed E-state index contributed by atoms with van der Waals surface area (Å²) in [6, 6.07) is 0. The van der Waals surface area contributed by atoms with Crippen LogP contribution in [0.15, 0.2) is 0 Å². The highest BCUT2D eigenvalue weighted by molar-refractivity contribution is 7.81. The van der Waals surface area contributed by atoms with Crippen molar-refractivity contribution in [3.05, 3.63) is 0 Å². The minimum atomic E-state index is -0.258. The Balaban J connectivity index is 0. The molecule has 84 valence electrons. The molecule has 0 aliphatic rings. The van der Waals surface area contributed by atoms with Crippen LogP contribution in [-0.4, -0.2) is 36.7 Å². The first-order valence-corrected chi connectivity index (χ1v) is 5.41. The van der Waals surface area contributed by atoms with Crippen LogP contribution in [0.25, 0.3) is 0 Å². The van der Waals surface area contributed by atoms with Crippen LogP contribution in [0.2, 0.25) is 0 Å². The van der Waals surface area contributed by atoms with Gasteiger partial charge >= 0.3 is 11.9 Å². The van der Waals surface area contributed by atoms with Gasteiger partial charge < -0.3 is 9.47 Å². The molecule has 0 aromatic heterocycles. The van der Waals surface area contributed by atoms with E-state index in [4.69, 9.17) is 0 Å². The van der Waals surface area contributed by atoms with Gasteiger partial charge in [-0.25, -0.2) is 0 Å². The van der Waals surface area contributed by atoms with Crippen LogP contribution in [0.1, 0.15) is 13.8 Å². The quantitative estimate of drug-likeness (QED) is 0.567. The topological polar surface area (TPSA) is 52.6 Å². The Kier molecular flexibility index (Phi) is 14.5. The average Bonchev–Trinajstić information content (AvgIpc) is 2.19. The molecular weight excluding hydrogens is 224 g/mol. The van der Waals surface area contributed by atoms with Gasteiger partial charge in [0, 0.05) is 0 Å². The molecule has 0 unspecified atom stereocenters. The van der Waals surface area contributed by atoms with Crippen LogP contribution in [-0.2, 0) is 19.1 Å². The number of carbonyl (C=O) groups excluding carboxylic acids is 2. The highest BCUT2D eigenvalue weighted by atomic mass is 32.1. The van der Waals surface area contributed by atoms with Crippen LogP contribution in [0, 0.1) is 0 Å².